The Morgan fingerprint density at radius 2 is 2.22 bits per heavy atom. The fourth-order valence-corrected chi connectivity index (χ4v) is 2.71. The average molecular weight is 249 g/mol. The minimum atomic E-state index is -0.764. The Bertz CT molecular complexity index is 474. The van der Waals surface area contributed by atoms with E-state index in [2.05, 4.69) is 5.32 Å². The Labute approximate surface area is 105 Å². The first-order valence-electron chi connectivity index (χ1n) is 6.09. The Kier molecular flexibility index (Phi) is 2.83. The molecule has 3 rings (SSSR count). The summed E-state index contributed by atoms with van der Waals surface area (Å²) in [6, 6.07) is 5.87. The highest BCUT2D eigenvalue weighted by Gasteiger charge is 2.30. The highest BCUT2D eigenvalue weighted by molar-refractivity contribution is 5.68. The largest absolute Gasteiger partial charge is 0.481 e. The summed E-state index contributed by atoms with van der Waals surface area (Å²) in [7, 11) is 0. The first-order valence-corrected chi connectivity index (χ1v) is 6.09. The molecule has 0 bridgehead atoms. The molecule has 0 amide bonds. The summed E-state index contributed by atoms with van der Waals surface area (Å²) < 4.78 is 10.6. The molecule has 0 aliphatic carbocycles. The SMILES string of the molecule is O=C(O)CC1NCCC1c1ccc2c(c1)OCO2. The van der Waals surface area contributed by atoms with Gasteiger partial charge in [0.1, 0.15) is 0 Å². The van der Waals surface area contributed by atoms with E-state index in [9.17, 15) is 4.79 Å². The van der Waals surface area contributed by atoms with Gasteiger partial charge in [-0.25, -0.2) is 0 Å². The van der Waals surface area contributed by atoms with Crippen molar-refractivity contribution < 1.29 is 19.4 Å². The molecule has 2 N–H and O–H groups in total. The van der Waals surface area contributed by atoms with Crippen LogP contribution in [-0.4, -0.2) is 30.5 Å². The monoisotopic (exact) mass is 249 g/mol. The van der Waals surface area contributed by atoms with Crippen LogP contribution in [0.25, 0.3) is 0 Å². The van der Waals surface area contributed by atoms with Crippen molar-refractivity contribution in [2.24, 2.45) is 0 Å². The molecule has 0 aromatic heterocycles. The summed E-state index contributed by atoms with van der Waals surface area (Å²) in [5, 5.41) is 12.2. The van der Waals surface area contributed by atoms with Crippen molar-refractivity contribution in [1.29, 1.82) is 0 Å². The van der Waals surface area contributed by atoms with Crippen LogP contribution in [0.15, 0.2) is 18.2 Å². The van der Waals surface area contributed by atoms with E-state index in [1.165, 1.54) is 0 Å². The maximum atomic E-state index is 10.8. The number of aliphatic carboxylic acids is 1. The Morgan fingerprint density at radius 1 is 1.39 bits per heavy atom. The van der Waals surface area contributed by atoms with Crippen LogP contribution in [0.5, 0.6) is 11.5 Å². The highest BCUT2D eigenvalue weighted by Crippen LogP contribution is 2.37. The molecule has 1 fully saturated rings. The van der Waals surface area contributed by atoms with E-state index in [-0.39, 0.29) is 25.2 Å². The van der Waals surface area contributed by atoms with Gasteiger partial charge in [-0.05, 0) is 30.7 Å². The lowest BCUT2D eigenvalue weighted by molar-refractivity contribution is -0.137. The van der Waals surface area contributed by atoms with Crippen molar-refractivity contribution in [3.05, 3.63) is 23.8 Å². The van der Waals surface area contributed by atoms with Crippen LogP contribution in [0, 0.1) is 0 Å². The van der Waals surface area contributed by atoms with Crippen LogP contribution in [0.2, 0.25) is 0 Å². The van der Waals surface area contributed by atoms with Gasteiger partial charge in [0.2, 0.25) is 6.79 Å². The lowest BCUT2D eigenvalue weighted by Crippen LogP contribution is -2.28. The van der Waals surface area contributed by atoms with E-state index >= 15 is 0 Å². The molecule has 0 spiro atoms. The van der Waals surface area contributed by atoms with Gasteiger partial charge in [-0.1, -0.05) is 6.07 Å². The maximum absolute atomic E-state index is 10.8. The summed E-state index contributed by atoms with van der Waals surface area (Å²) in [6.07, 6.45) is 1.11. The molecular weight excluding hydrogens is 234 g/mol. The Hall–Kier alpha value is -1.75. The molecule has 0 saturated carbocycles. The van der Waals surface area contributed by atoms with E-state index in [0.717, 1.165) is 30.0 Å². The molecule has 0 radical (unpaired) electrons. The summed E-state index contributed by atoms with van der Waals surface area (Å²) in [5.41, 5.74) is 1.12. The fraction of sp³-hybridized carbons (Fsp3) is 0.462. The molecule has 1 saturated heterocycles. The van der Waals surface area contributed by atoms with Gasteiger partial charge in [-0.15, -0.1) is 0 Å². The van der Waals surface area contributed by atoms with Gasteiger partial charge in [0.05, 0.1) is 6.42 Å². The molecule has 2 atom stereocenters. The van der Waals surface area contributed by atoms with Crippen molar-refractivity contribution in [3.8, 4) is 11.5 Å². The lowest BCUT2D eigenvalue weighted by Gasteiger charge is -2.18. The number of carbonyl (C=O) groups is 1. The number of ether oxygens (including phenoxy) is 2. The van der Waals surface area contributed by atoms with E-state index in [1.54, 1.807) is 0 Å². The van der Waals surface area contributed by atoms with Gasteiger partial charge in [0.15, 0.2) is 11.5 Å². The third-order valence-corrected chi connectivity index (χ3v) is 3.57. The summed E-state index contributed by atoms with van der Waals surface area (Å²) in [5.74, 6) is 0.990. The number of benzene rings is 1. The number of hydrogen-bond donors (Lipinski definition) is 2. The van der Waals surface area contributed by atoms with Crippen molar-refractivity contribution >= 4 is 5.97 Å². The molecule has 2 heterocycles. The van der Waals surface area contributed by atoms with Crippen molar-refractivity contribution in [2.45, 2.75) is 24.8 Å². The fourth-order valence-electron chi connectivity index (χ4n) is 2.71. The molecule has 5 nitrogen and oxygen atoms in total. The summed E-state index contributed by atoms with van der Waals surface area (Å²) in [4.78, 5) is 10.8. The van der Waals surface area contributed by atoms with E-state index in [0.29, 0.717) is 0 Å². The zero-order valence-corrected chi connectivity index (χ0v) is 9.89. The third-order valence-electron chi connectivity index (χ3n) is 3.57. The minimum absolute atomic E-state index is 0.00266. The van der Waals surface area contributed by atoms with Gasteiger partial charge in [0.25, 0.3) is 0 Å². The van der Waals surface area contributed by atoms with E-state index < -0.39 is 5.97 Å². The number of nitrogens with one attached hydrogen (secondary N) is 1. The molecule has 1 aromatic rings. The van der Waals surface area contributed by atoms with Crippen LogP contribution in [0.4, 0.5) is 0 Å². The first-order chi connectivity index (χ1) is 8.74. The lowest BCUT2D eigenvalue weighted by atomic mass is 9.90. The van der Waals surface area contributed by atoms with Gasteiger partial charge >= 0.3 is 5.97 Å². The van der Waals surface area contributed by atoms with Gasteiger partial charge in [0, 0.05) is 12.0 Å². The summed E-state index contributed by atoms with van der Waals surface area (Å²) >= 11 is 0. The summed E-state index contributed by atoms with van der Waals surface area (Å²) in [6.45, 7) is 1.12. The molecular formula is C13H15NO4. The van der Waals surface area contributed by atoms with Gasteiger partial charge < -0.3 is 19.9 Å². The third kappa shape index (κ3) is 2.01. The van der Waals surface area contributed by atoms with Gasteiger partial charge in [-0.2, -0.15) is 0 Å². The molecule has 5 heteroatoms. The number of carboxylic acids is 1. The Morgan fingerprint density at radius 3 is 3.06 bits per heavy atom. The number of rotatable bonds is 3. The standard InChI is InChI=1S/C13H15NO4/c15-13(16)6-10-9(3-4-14-10)8-1-2-11-12(5-8)18-7-17-11/h1-2,5,9-10,14H,3-4,6-7H2,(H,15,16). The molecule has 18 heavy (non-hydrogen) atoms. The van der Waals surface area contributed by atoms with Gasteiger partial charge in [-0.3, -0.25) is 4.79 Å². The predicted octanol–water partition coefficient (Wildman–Crippen LogP) is 1.34. The zero-order valence-electron chi connectivity index (χ0n) is 9.89. The van der Waals surface area contributed by atoms with E-state index in [4.69, 9.17) is 14.6 Å². The van der Waals surface area contributed by atoms with Crippen molar-refractivity contribution in [3.63, 3.8) is 0 Å². The second-order valence-corrected chi connectivity index (χ2v) is 4.67. The second-order valence-electron chi connectivity index (χ2n) is 4.67. The smallest absolute Gasteiger partial charge is 0.304 e. The zero-order chi connectivity index (χ0) is 12.5. The normalized spacial score (nSPS) is 25.3. The molecule has 2 aliphatic heterocycles. The number of carboxylic acid groups (broad SMARTS) is 1. The first kappa shape index (κ1) is 11.3. The average Bonchev–Trinajstić information content (AvgIpc) is 2.95. The van der Waals surface area contributed by atoms with Crippen LogP contribution in [0.3, 0.4) is 0 Å². The highest BCUT2D eigenvalue weighted by atomic mass is 16.7. The molecule has 2 unspecified atom stereocenters. The van der Waals surface area contributed by atoms with Crippen molar-refractivity contribution in [1.82, 2.24) is 5.32 Å². The second kappa shape index (κ2) is 4.49. The van der Waals surface area contributed by atoms with Crippen LogP contribution < -0.4 is 14.8 Å². The molecule has 96 valence electrons. The van der Waals surface area contributed by atoms with Crippen LogP contribution in [0.1, 0.15) is 24.3 Å². The topological polar surface area (TPSA) is 67.8 Å². The van der Waals surface area contributed by atoms with Crippen LogP contribution in [-0.2, 0) is 4.79 Å². The quantitative estimate of drug-likeness (QED) is 0.846. The molecule has 1 aromatic carbocycles. The number of fused-ring (bicyclic) bond motifs is 1. The predicted molar refractivity (Wildman–Crippen MR) is 64.0 cm³/mol. The molecule has 2 aliphatic rings. The van der Waals surface area contributed by atoms with E-state index in [1.807, 2.05) is 18.2 Å². The maximum Gasteiger partial charge on any atom is 0.304 e. The van der Waals surface area contributed by atoms with Crippen molar-refractivity contribution in [2.75, 3.05) is 13.3 Å². The van der Waals surface area contributed by atoms with Crippen LogP contribution >= 0.6 is 0 Å². The Balaban J connectivity index is 1.83. The number of hydrogen-bond acceptors (Lipinski definition) is 4. The minimum Gasteiger partial charge on any atom is -0.481 e.